The molecule has 30 heavy (non-hydrogen) atoms. The van der Waals surface area contributed by atoms with Crippen molar-refractivity contribution in [3.8, 4) is 11.1 Å². The molecule has 0 fully saturated rings. The predicted octanol–water partition coefficient (Wildman–Crippen LogP) is 3.91. The average Bonchev–Trinajstić information content (AvgIpc) is 2.70. The van der Waals surface area contributed by atoms with E-state index in [1.165, 1.54) is 12.3 Å². The number of hydrogen-bond donors (Lipinski definition) is 2. The SMILES string of the molecule is Cc1cc(-c2ccccc2C=NNC(=O)Cc2ccccc2)c(C)c(S(=O)(=O)O)c1. The van der Waals surface area contributed by atoms with Gasteiger partial charge < -0.3 is 0 Å². The second kappa shape index (κ2) is 9.02. The molecule has 0 aliphatic heterocycles. The Morgan fingerprint density at radius 2 is 1.67 bits per heavy atom. The topological polar surface area (TPSA) is 95.8 Å². The highest BCUT2D eigenvalue weighted by Gasteiger charge is 2.18. The van der Waals surface area contributed by atoms with Crippen LogP contribution in [0.5, 0.6) is 0 Å². The molecule has 0 bridgehead atoms. The Morgan fingerprint density at radius 1 is 1.00 bits per heavy atom. The van der Waals surface area contributed by atoms with Crippen molar-refractivity contribution in [1.29, 1.82) is 0 Å². The Hall–Kier alpha value is -3.29. The third kappa shape index (κ3) is 5.20. The first-order chi connectivity index (χ1) is 14.3. The van der Waals surface area contributed by atoms with Gasteiger partial charge in [-0.15, -0.1) is 0 Å². The van der Waals surface area contributed by atoms with Gasteiger partial charge in [0.1, 0.15) is 0 Å². The van der Waals surface area contributed by atoms with Crippen molar-refractivity contribution in [2.45, 2.75) is 25.2 Å². The highest BCUT2D eigenvalue weighted by molar-refractivity contribution is 7.85. The quantitative estimate of drug-likeness (QED) is 0.358. The minimum atomic E-state index is -4.35. The predicted molar refractivity (Wildman–Crippen MR) is 117 cm³/mol. The van der Waals surface area contributed by atoms with Crippen molar-refractivity contribution in [2.24, 2.45) is 5.10 Å². The van der Waals surface area contributed by atoms with Crippen molar-refractivity contribution in [3.63, 3.8) is 0 Å². The molecular weight excluding hydrogens is 400 g/mol. The Morgan fingerprint density at radius 3 is 2.37 bits per heavy atom. The first kappa shape index (κ1) is 21.4. The highest BCUT2D eigenvalue weighted by Crippen LogP contribution is 2.31. The number of benzene rings is 3. The molecule has 6 nitrogen and oxygen atoms in total. The van der Waals surface area contributed by atoms with Gasteiger partial charge in [-0.05, 0) is 47.7 Å². The summed E-state index contributed by atoms with van der Waals surface area (Å²) in [6.45, 7) is 3.41. The van der Waals surface area contributed by atoms with Gasteiger partial charge in [0.05, 0.1) is 17.5 Å². The zero-order valence-corrected chi connectivity index (χ0v) is 17.5. The van der Waals surface area contributed by atoms with Gasteiger partial charge in [0.15, 0.2) is 0 Å². The van der Waals surface area contributed by atoms with Gasteiger partial charge in [-0.1, -0.05) is 60.7 Å². The molecule has 0 unspecified atom stereocenters. The normalized spacial score (nSPS) is 11.6. The maximum atomic E-state index is 12.1. The van der Waals surface area contributed by atoms with Crippen LogP contribution >= 0.6 is 0 Å². The molecule has 0 saturated carbocycles. The van der Waals surface area contributed by atoms with E-state index in [1.54, 1.807) is 13.8 Å². The fraction of sp³-hybridized carbons (Fsp3) is 0.130. The minimum absolute atomic E-state index is 0.125. The van der Waals surface area contributed by atoms with E-state index in [9.17, 15) is 17.8 Å². The molecule has 0 aromatic heterocycles. The smallest absolute Gasteiger partial charge is 0.282 e. The summed E-state index contributed by atoms with van der Waals surface area (Å²) < 4.78 is 33.1. The molecule has 3 aromatic rings. The fourth-order valence-electron chi connectivity index (χ4n) is 3.22. The third-order valence-electron chi connectivity index (χ3n) is 4.63. The molecule has 0 aliphatic carbocycles. The van der Waals surface area contributed by atoms with Crippen LogP contribution in [0.15, 0.2) is 76.7 Å². The maximum Gasteiger partial charge on any atom is 0.294 e. The average molecular weight is 423 g/mol. The molecule has 154 valence electrons. The van der Waals surface area contributed by atoms with E-state index in [4.69, 9.17) is 0 Å². The molecule has 0 atom stereocenters. The van der Waals surface area contributed by atoms with E-state index in [2.05, 4.69) is 10.5 Å². The number of amides is 1. The van der Waals surface area contributed by atoms with Crippen LogP contribution in [0.25, 0.3) is 11.1 Å². The summed E-state index contributed by atoms with van der Waals surface area (Å²) in [6, 6.07) is 20.0. The fourth-order valence-corrected chi connectivity index (χ4v) is 4.05. The van der Waals surface area contributed by atoms with Crippen LogP contribution in [0, 0.1) is 13.8 Å². The first-order valence-electron chi connectivity index (χ1n) is 9.29. The number of nitrogens with one attached hydrogen (secondary N) is 1. The zero-order chi connectivity index (χ0) is 21.7. The lowest BCUT2D eigenvalue weighted by atomic mass is 9.95. The second-order valence-corrected chi connectivity index (χ2v) is 8.34. The Bertz CT molecular complexity index is 1200. The minimum Gasteiger partial charge on any atom is -0.282 e. The highest BCUT2D eigenvalue weighted by atomic mass is 32.2. The molecule has 3 rings (SSSR count). The summed E-state index contributed by atoms with van der Waals surface area (Å²) in [7, 11) is -4.35. The molecule has 0 spiro atoms. The standard InChI is InChI=1S/C23H22N2O4S/c1-16-12-21(17(2)22(13-16)30(27,28)29)20-11-7-6-10-19(20)15-24-25-23(26)14-18-8-4-3-5-9-18/h3-13,15H,14H2,1-2H3,(H,25,26)(H,27,28,29). The molecule has 0 heterocycles. The lowest BCUT2D eigenvalue weighted by molar-refractivity contribution is -0.120. The summed E-state index contributed by atoms with van der Waals surface area (Å²) in [5.41, 5.74) is 6.65. The van der Waals surface area contributed by atoms with Crippen LogP contribution in [0.2, 0.25) is 0 Å². The van der Waals surface area contributed by atoms with Gasteiger partial charge in [0.2, 0.25) is 5.91 Å². The van der Waals surface area contributed by atoms with Crippen LogP contribution in [-0.2, 0) is 21.3 Å². The molecule has 0 saturated heterocycles. The number of aryl methyl sites for hydroxylation is 1. The molecule has 0 aliphatic rings. The number of hydrazone groups is 1. The molecule has 7 heteroatoms. The molecular formula is C23H22N2O4S. The van der Waals surface area contributed by atoms with Gasteiger partial charge in [-0.25, -0.2) is 5.43 Å². The summed E-state index contributed by atoms with van der Waals surface area (Å²) in [4.78, 5) is 12.0. The second-order valence-electron chi connectivity index (χ2n) is 6.95. The number of carbonyl (C=O) groups excluding carboxylic acids is 1. The molecule has 0 radical (unpaired) electrons. The van der Waals surface area contributed by atoms with E-state index in [0.717, 1.165) is 11.1 Å². The molecule has 2 N–H and O–H groups in total. The van der Waals surface area contributed by atoms with Gasteiger partial charge in [0.25, 0.3) is 10.1 Å². The third-order valence-corrected chi connectivity index (χ3v) is 5.61. The van der Waals surface area contributed by atoms with Gasteiger partial charge in [0, 0.05) is 5.56 Å². The summed E-state index contributed by atoms with van der Waals surface area (Å²) in [6.07, 6.45) is 1.74. The summed E-state index contributed by atoms with van der Waals surface area (Å²) in [5, 5.41) is 4.05. The lowest BCUT2D eigenvalue weighted by Crippen LogP contribution is -2.19. The zero-order valence-electron chi connectivity index (χ0n) is 16.7. The van der Waals surface area contributed by atoms with Crippen LogP contribution in [0.4, 0.5) is 0 Å². The van der Waals surface area contributed by atoms with Crippen LogP contribution in [-0.4, -0.2) is 25.1 Å². The Labute approximate surface area is 176 Å². The lowest BCUT2D eigenvalue weighted by Gasteiger charge is -2.13. The van der Waals surface area contributed by atoms with E-state index in [-0.39, 0.29) is 17.2 Å². The van der Waals surface area contributed by atoms with E-state index >= 15 is 0 Å². The Kier molecular flexibility index (Phi) is 6.44. The van der Waals surface area contributed by atoms with Gasteiger partial charge in [-0.3, -0.25) is 9.35 Å². The van der Waals surface area contributed by atoms with E-state index in [0.29, 0.717) is 22.3 Å². The van der Waals surface area contributed by atoms with E-state index < -0.39 is 10.1 Å². The monoisotopic (exact) mass is 422 g/mol. The number of carbonyl (C=O) groups is 1. The first-order valence-corrected chi connectivity index (χ1v) is 10.7. The number of hydrogen-bond acceptors (Lipinski definition) is 4. The molecule has 3 aromatic carbocycles. The summed E-state index contributed by atoms with van der Waals surface area (Å²) in [5.74, 6) is -0.240. The number of nitrogens with zero attached hydrogens (tertiary/aromatic N) is 1. The van der Waals surface area contributed by atoms with Crippen molar-refractivity contribution in [1.82, 2.24) is 5.43 Å². The van der Waals surface area contributed by atoms with Gasteiger partial charge >= 0.3 is 0 Å². The van der Waals surface area contributed by atoms with E-state index in [1.807, 2.05) is 60.7 Å². The Balaban J connectivity index is 1.88. The summed E-state index contributed by atoms with van der Waals surface area (Å²) >= 11 is 0. The molecule has 1 amide bonds. The van der Waals surface area contributed by atoms with Gasteiger partial charge in [-0.2, -0.15) is 13.5 Å². The van der Waals surface area contributed by atoms with Crippen molar-refractivity contribution >= 4 is 22.2 Å². The number of rotatable bonds is 6. The maximum absolute atomic E-state index is 12.1. The van der Waals surface area contributed by atoms with Crippen LogP contribution in [0.3, 0.4) is 0 Å². The van der Waals surface area contributed by atoms with Crippen LogP contribution < -0.4 is 5.43 Å². The largest absolute Gasteiger partial charge is 0.294 e. The van der Waals surface area contributed by atoms with Crippen molar-refractivity contribution in [2.75, 3.05) is 0 Å². The van der Waals surface area contributed by atoms with Crippen LogP contribution in [0.1, 0.15) is 22.3 Å². The van der Waals surface area contributed by atoms with Crippen molar-refractivity contribution in [3.05, 3.63) is 89.0 Å². The van der Waals surface area contributed by atoms with Crippen molar-refractivity contribution < 1.29 is 17.8 Å².